The van der Waals surface area contributed by atoms with Gasteiger partial charge in [0.15, 0.2) is 0 Å². The van der Waals surface area contributed by atoms with Crippen LogP contribution in [0.3, 0.4) is 0 Å². The number of anilines is 1. The van der Waals surface area contributed by atoms with E-state index in [0.29, 0.717) is 0 Å². The topological polar surface area (TPSA) is 15.3 Å². The van der Waals surface area contributed by atoms with Gasteiger partial charge in [-0.1, -0.05) is 42.5 Å². The zero-order valence-corrected chi connectivity index (χ0v) is 12.8. The quantitative estimate of drug-likeness (QED) is 0.825. The Labute approximate surface area is 127 Å². The van der Waals surface area contributed by atoms with Crippen molar-refractivity contribution in [3.8, 4) is 0 Å². The first-order valence-electron chi connectivity index (χ1n) is 7.97. The Morgan fingerprint density at radius 1 is 0.952 bits per heavy atom. The van der Waals surface area contributed by atoms with Crippen molar-refractivity contribution >= 4 is 5.69 Å². The van der Waals surface area contributed by atoms with E-state index in [1.54, 1.807) is 0 Å². The third-order valence-electron chi connectivity index (χ3n) is 4.14. The zero-order chi connectivity index (χ0) is 14.5. The average Bonchev–Trinajstić information content (AvgIpc) is 3.36. The Bertz CT molecular complexity index is 561. The number of hydrogen-bond acceptors (Lipinski definition) is 2. The van der Waals surface area contributed by atoms with Crippen molar-refractivity contribution < 1.29 is 0 Å². The van der Waals surface area contributed by atoms with Crippen molar-refractivity contribution in [1.82, 2.24) is 5.32 Å². The summed E-state index contributed by atoms with van der Waals surface area (Å²) in [5.41, 5.74) is 4.15. The fourth-order valence-corrected chi connectivity index (χ4v) is 2.66. The van der Waals surface area contributed by atoms with Crippen molar-refractivity contribution in [2.75, 3.05) is 11.4 Å². The summed E-state index contributed by atoms with van der Waals surface area (Å²) >= 11 is 0. The summed E-state index contributed by atoms with van der Waals surface area (Å²) in [6.07, 6.45) is 2.68. The molecule has 0 radical (unpaired) electrons. The lowest BCUT2D eigenvalue weighted by Crippen LogP contribution is -2.24. The molecule has 0 unspecified atom stereocenters. The molecule has 0 aliphatic heterocycles. The van der Waals surface area contributed by atoms with Crippen LogP contribution in [0.5, 0.6) is 0 Å². The van der Waals surface area contributed by atoms with Gasteiger partial charge in [-0.15, -0.1) is 0 Å². The molecule has 2 aromatic carbocycles. The Balaban J connectivity index is 1.73. The maximum atomic E-state index is 3.63. The Hall–Kier alpha value is -1.80. The van der Waals surface area contributed by atoms with Crippen LogP contribution < -0.4 is 10.2 Å². The normalized spacial score (nSPS) is 14.1. The van der Waals surface area contributed by atoms with Crippen LogP contribution in [-0.2, 0) is 13.1 Å². The summed E-state index contributed by atoms with van der Waals surface area (Å²) in [6, 6.07) is 20.2. The molecular formula is C19H24N2. The van der Waals surface area contributed by atoms with Crippen LogP contribution in [0.1, 0.15) is 30.9 Å². The van der Waals surface area contributed by atoms with Crippen LogP contribution >= 0.6 is 0 Å². The molecule has 1 aliphatic rings. The van der Waals surface area contributed by atoms with E-state index in [1.165, 1.54) is 29.7 Å². The highest BCUT2D eigenvalue weighted by Gasteiger charge is 2.20. The van der Waals surface area contributed by atoms with E-state index in [1.807, 2.05) is 0 Å². The van der Waals surface area contributed by atoms with Gasteiger partial charge in [0.25, 0.3) is 0 Å². The monoisotopic (exact) mass is 280 g/mol. The van der Waals surface area contributed by atoms with E-state index in [0.717, 1.165) is 25.7 Å². The highest BCUT2D eigenvalue weighted by atomic mass is 15.1. The van der Waals surface area contributed by atoms with Crippen LogP contribution in [0.4, 0.5) is 5.69 Å². The summed E-state index contributed by atoms with van der Waals surface area (Å²) in [6.45, 7) is 5.21. The molecule has 110 valence electrons. The van der Waals surface area contributed by atoms with E-state index in [2.05, 4.69) is 71.7 Å². The molecule has 0 aromatic heterocycles. The molecule has 0 heterocycles. The summed E-state index contributed by atoms with van der Waals surface area (Å²) in [5.74, 6) is 0. The van der Waals surface area contributed by atoms with Gasteiger partial charge < -0.3 is 10.2 Å². The van der Waals surface area contributed by atoms with Gasteiger partial charge in [0, 0.05) is 31.4 Å². The molecule has 0 amide bonds. The first kappa shape index (κ1) is 14.2. The van der Waals surface area contributed by atoms with E-state index >= 15 is 0 Å². The number of nitrogens with zero attached hydrogens (tertiary/aromatic N) is 1. The maximum Gasteiger partial charge on any atom is 0.0432 e. The van der Waals surface area contributed by atoms with E-state index in [-0.39, 0.29) is 0 Å². The Morgan fingerprint density at radius 3 is 2.29 bits per heavy atom. The second-order valence-electron chi connectivity index (χ2n) is 5.77. The highest BCUT2D eigenvalue weighted by Crippen LogP contribution is 2.21. The number of benzene rings is 2. The van der Waals surface area contributed by atoms with Crippen LogP contribution in [-0.4, -0.2) is 12.6 Å². The largest absolute Gasteiger partial charge is 0.367 e. The molecule has 0 bridgehead atoms. The standard InChI is InChI=1S/C19H24N2/c1-2-21(19-10-4-3-5-11-19)15-17-9-7-6-8-16(17)14-20-18-12-13-18/h3-11,18,20H,2,12-15H2,1H3. The molecule has 1 aliphatic carbocycles. The van der Waals surface area contributed by atoms with Crippen LogP contribution in [0.25, 0.3) is 0 Å². The number of rotatable bonds is 7. The number of para-hydroxylation sites is 1. The van der Waals surface area contributed by atoms with Crippen molar-refractivity contribution in [3.63, 3.8) is 0 Å². The van der Waals surface area contributed by atoms with Gasteiger partial charge >= 0.3 is 0 Å². The molecule has 0 atom stereocenters. The fourth-order valence-electron chi connectivity index (χ4n) is 2.66. The fraction of sp³-hybridized carbons (Fsp3) is 0.368. The van der Waals surface area contributed by atoms with Crippen molar-refractivity contribution in [2.24, 2.45) is 0 Å². The predicted molar refractivity (Wildman–Crippen MR) is 89.5 cm³/mol. The average molecular weight is 280 g/mol. The third kappa shape index (κ3) is 3.85. The number of nitrogens with one attached hydrogen (secondary N) is 1. The molecule has 0 saturated heterocycles. The van der Waals surface area contributed by atoms with Gasteiger partial charge in [0.05, 0.1) is 0 Å². The molecule has 2 aromatic rings. The Kier molecular flexibility index (Phi) is 4.56. The van der Waals surface area contributed by atoms with Gasteiger partial charge in [0.1, 0.15) is 0 Å². The molecule has 2 nitrogen and oxygen atoms in total. The van der Waals surface area contributed by atoms with E-state index in [4.69, 9.17) is 0 Å². The van der Waals surface area contributed by atoms with E-state index in [9.17, 15) is 0 Å². The van der Waals surface area contributed by atoms with Gasteiger partial charge in [-0.25, -0.2) is 0 Å². The van der Waals surface area contributed by atoms with Crippen LogP contribution in [0.2, 0.25) is 0 Å². The lowest BCUT2D eigenvalue weighted by molar-refractivity contribution is 0.679. The van der Waals surface area contributed by atoms with Gasteiger partial charge in [-0.05, 0) is 43.0 Å². The molecule has 1 fully saturated rings. The zero-order valence-electron chi connectivity index (χ0n) is 12.8. The van der Waals surface area contributed by atoms with Crippen LogP contribution in [0.15, 0.2) is 54.6 Å². The molecular weight excluding hydrogens is 256 g/mol. The van der Waals surface area contributed by atoms with Gasteiger partial charge in [-0.2, -0.15) is 0 Å². The van der Waals surface area contributed by atoms with Crippen molar-refractivity contribution in [2.45, 2.75) is 38.9 Å². The first-order chi connectivity index (χ1) is 10.4. The molecule has 2 heteroatoms. The smallest absolute Gasteiger partial charge is 0.0432 e. The minimum absolute atomic E-state index is 0.759. The second kappa shape index (κ2) is 6.77. The Morgan fingerprint density at radius 2 is 1.62 bits per heavy atom. The summed E-state index contributed by atoms with van der Waals surface area (Å²) < 4.78 is 0. The van der Waals surface area contributed by atoms with E-state index < -0.39 is 0 Å². The lowest BCUT2D eigenvalue weighted by Gasteiger charge is -2.24. The second-order valence-corrected chi connectivity index (χ2v) is 5.77. The molecule has 21 heavy (non-hydrogen) atoms. The number of hydrogen-bond donors (Lipinski definition) is 1. The van der Waals surface area contributed by atoms with Crippen molar-refractivity contribution in [3.05, 3.63) is 65.7 Å². The third-order valence-corrected chi connectivity index (χ3v) is 4.14. The first-order valence-corrected chi connectivity index (χ1v) is 7.97. The molecule has 3 rings (SSSR count). The lowest BCUT2D eigenvalue weighted by atomic mass is 10.1. The molecule has 1 saturated carbocycles. The van der Waals surface area contributed by atoms with Gasteiger partial charge in [-0.3, -0.25) is 0 Å². The summed E-state index contributed by atoms with van der Waals surface area (Å²) in [7, 11) is 0. The minimum atomic E-state index is 0.759. The highest BCUT2D eigenvalue weighted by molar-refractivity contribution is 5.47. The summed E-state index contributed by atoms with van der Waals surface area (Å²) in [4.78, 5) is 2.43. The predicted octanol–water partition coefficient (Wildman–Crippen LogP) is 3.97. The summed E-state index contributed by atoms with van der Waals surface area (Å²) in [5, 5.41) is 3.63. The van der Waals surface area contributed by atoms with Crippen molar-refractivity contribution in [1.29, 1.82) is 0 Å². The minimum Gasteiger partial charge on any atom is -0.367 e. The van der Waals surface area contributed by atoms with Gasteiger partial charge in [0.2, 0.25) is 0 Å². The van der Waals surface area contributed by atoms with Crippen LogP contribution in [0, 0.1) is 0 Å². The molecule has 0 spiro atoms. The SMILES string of the molecule is CCN(Cc1ccccc1CNC1CC1)c1ccccc1. The maximum absolute atomic E-state index is 3.63. The molecule has 1 N–H and O–H groups in total.